The van der Waals surface area contributed by atoms with Crippen LogP contribution in [0.2, 0.25) is 0 Å². The van der Waals surface area contributed by atoms with E-state index in [1.54, 1.807) is 65.8 Å². The molecule has 0 saturated heterocycles. The van der Waals surface area contributed by atoms with Crippen molar-refractivity contribution in [2.24, 2.45) is 10.8 Å². The molecule has 0 fully saturated rings. The van der Waals surface area contributed by atoms with Crippen LogP contribution in [-0.2, 0) is 45.4 Å². The van der Waals surface area contributed by atoms with Gasteiger partial charge in [-0.15, -0.1) is 0 Å². The zero-order valence-electron chi connectivity index (χ0n) is 21.2. The second-order valence-electron chi connectivity index (χ2n) is 10.0. The van der Waals surface area contributed by atoms with E-state index in [0.29, 0.717) is 17.9 Å². The van der Waals surface area contributed by atoms with Crippen LogP contribution in [-0.4, -0.2) is 25.5 Å². The smallest absolute Gasteiger partial charge is 0.340 e. The minimum absolute atomic E-state index is 0.119. The van der Waals surface area contributed by atoms with Gasteiger partial charge in [0.25, 0.3) is 0 Å². The van der Waals surface area contributed by atoms with Crippen LogP contribution in [0.15, 0.2) is 54.6 Å². The van der Waals surface area contributed by atoms with Crippen molar-refractivity contribution in [2.75, 3.05) is 13.6 Å². The minimum atomic E-state index is -3.83. The lowest BCUT2D eigenvalue weighted by Crippen LogP contribution is -2.24. The topological polar surface area (TPSA) is 97.4 Å². The molecule has 35 heavy (non-hydrogen) atoms. The van der Waals surface area contributed by atoms with E-state index >= 15 is 0 Å². The van der Waals surface area contributed by atoms with Crippen molar-refractivity contribution in [3.8, 4) is 5.75 Å². The Morgan fingerprint density at radius 3 is 1.66 bits per heavy atom. The van der Waals surface area contributed by atoms with Crippen molar-refractivity contribution in [3.05, 3.63) is 65.7 Å². The maximum atomic E-state index is 13.4. The molecule has 0 aromatic heterocycles. The molecule has 0 saturated carbocycles. The molecule has 192 valence electrons. The zero-order chi connectivity index (χ0) is 26.1. The molecule has 2 aromatic rings. The number of carbonyl (C=O) groups is 2. The monoisotopic (exact) mass is 506 g/mol. The third kappa shape index (κ3) is 10.2. The first-order valence-electron chi connectivity index (χ1n) is 11.3. The molecule has 0 radical (unpaired) electrons. The summed E-state index contributed by atoms with van der Waals surface area (Å²) in [5, 5.41) is 0. The lowest BCUT2D eigenvalue weighted by molar-refractivity contribution is -0.162. The third-order valence-corrected chi connectivity index (χ3v) is 6.40. The predicted molar refractivity (Wildman–Crippen MR) is 132 cm³/mol. The van der Waals surface area contributed by atoms with Crippen molar-refractivity contribution >= 4 is 19.5 Å². The maximum Gasteiger partial charge on any atom is 0.340 e. The molecule has 9 heteroatoms. The van der Waals surface area contributed by atoms with Gasteiger partial charge in [-0.05, 0) is 64.8 Å². The van der Waals surface area contributed by atoms with E-state index in [2.05, 4.69) is 0 Å². The highest BCUT2D eigenvalue weighted by Gasteiger charge is 2.30. The first-order valence-corrected chi connectivity index (χ1v) is 13.0. The average molecular weight is 507 g/mol. The van der Waals surface area contributed by atoms with Crippen LogP contribution < -0.4 is 4.74 Å². The SMILES string of the molecule is CC(C)(C)C(=O)OCOP(=O)(Cc1ccc(OCc2ccccc2)cc1)OCOC(=O)C(C)(C)C. The second kappa shape index (κ2) is 12.3. The van der Waals surface area contributed by atoms with E-state index in [9.17, 15) is 14.2 Å². The molecule has 0 unspecified atom stereocenters. The molecule has 0 heterocycles. The summed E-state index contributed by atoms with van der Waals surface area (Å²) in [6.45, 7) is 9.47. The number of esters is 2. The minimum Gasteiger partial charge on any atom is -0.489 e. The Bertz CT molecular complexity index is 968. The summed E-state index contributed by atoms with van der Waals surface area (Å²) in [7, 11) is -3.83. The quantitative estimate of drug-likeness (QED) is 0.205. The fourth-order valence-corrected chi connectivity index (χ4v) is 3.88. The maximum absolute atomic E-state index is 13.4. The number of ether oxygens (including phenoxy) is 3. The van der Waals surface area contributed by atoms with Gasteiger partial charge in [-0.3, -0.25) is 23.2 Å². The van der Waals surface area contributed by atoms with Gasteiger partial charge >= 0.3 is 19.5 Å². The fourth-order valence-electron chi connectivity index (χ4n) is 2.54. The van der Waals surface area contributed by atoms with Crippen molar-refractivity contribution < 1.29 is 37.4 Å². The van der Waals surface area contributed by atoms with Gasteiger partial charge in [-0.25, -0.2) is 0 Å². The number of hydrogen-bond acceptors (Lipinski definition) is 8. The van der Waals surface area contributed by atoms with Gasteiger partial charge in [0.05, 0.1) is 17.0 Å². The van der Waals surface area contributed by atoms with Crippen molar-refractivity contribution in [3.63, 3.8) is 0 Å². The number of hydrogen-bond donors (Lipinski definition) is 0. The van der Waals surface area contributed by atoms with Crippen molar-refractivity contribution in [2.45, 2.75) is 54.3 Å². The first-order chi connectivity index (χ1) is 16.3. The van der Waals surface area contributed by atoms with E-state index < -0.39 is 44.0 Å². The van der Waals surface area contributed by atoms with Gasteiger partial charge in [0, 0.05) is 0 Å². The zero-order valence-corrected chi connectivity index (χ0v) is 22.1. The Balaban J connectivity index is 2.02. The molecule has 0 aliphatic rings. The van der Waals surface area contributed by atoms with Gasteiger partial charge in [0.15, 0.2) is 0 Å². The number of benzene rings is 2. The molecule has 0 bridgehead atoms. The number of rotatable bonds is 11. The van der Waals surface area contributed by atoms with Crippen LogP contribution in [0.4, 0.5) is 0 Å². The molecule has 0 atom stereocenters. The third-order valence-electron chi connectivity index (χ3n) is 4.65. The van der Waals surface area contributed by atoms with Gasteiger partial charge in [-0.1, -0.05) is 42.5 Å². The van der Waals surface area contributed by atoms with E-state index in [0.717, 1.165) is 5.56 Å². The summed E-state index contributed by atoms with van der Waals surface area (Å²) >= 11 is 0. The van der Waals surface area contributed by atoms with Gasteiger partial charge in [0.1, 0.15) is 12.4 Å². The highest BCUT2D eigenvalue weighted by atomic mass is 31.2. The van der Waals surface area contributed by atoms with Crippen molar-refractivity contribution in [1.29, 1.82) is 0 Å². The predicted octanol–water partition coefficient (Wildman–Crippen LogP) is 6.09. The van der Waals surface area contributed by atoms with Gasteiger partial charge in [-0.2, -0.15) is 0 Å². The normalized spacial score (nSPS) is 12.2. The lowest BCUT2D eigenvalue weighted by atomic mass is 9.98. The molecule has 2 rings (SSSR count). The van der Waals surface area contributed by atoms with Crippen LogP contribution >= 0.6 is 7.60 Å². The second-order valence-corrected chi connectivity index (χ2v) is 12.1. The summed E-state index contributed by atoms with van der Waals surface area (Å²) < 4.78 is 40.0. The highest BCUT2D eigenvalue weighted by molar-refractivity contribution is 7.53. The van der Waals surface area contributed by atoms with E-state index in [1.165, 1.54) is 0 Å². The van der Waals surface area contributed by atoms with E-state index in [4.69, 9.17) is 23.3 Å². The van der Waals surface area contributed by atoms with E-state index in [-0.39, 0.29) is 6.16 Å². The summed E-state index contributed by atoms with van der Waals surface area (Å²) in [6.07, 6.45) is -0.119. The van der Waals surface area contributed by atoms with Crippen molar-refractivity contribution in [1.82, 2.24) is 0 Å². The highest BCUT2D eigenvalue weighted by Crippen LogP contribution is 2.51. The average Bonchev–Trinajstić information content (AvgIpc) is 2.78. The molecule has 0 aliphatic carbocycles. The molecular formula is C26H35O8P. The Morgan fingerprint density at radius 2 is 1.20 bits per heavy atom. The summed E-state index contributed by atoms with van der Waals surface area (Å²) in [5.41, 5.74) is 0.195. The van der Waals surface area contributed by atoms with Gasteiger partial charge in [0.2, 0.25) is 13.6 Å². The van der Waals surface area contributed by atoms with Crippen LogP contribution in [0.3, 0.4) is 0 Å². The molecule has 8 nitrogen and oxygen atoms in total. The molecule has 0 N–H and O–H groups in total. The first kappa shape index (κ1) is 28.6. The van der Waals surface area contributed by atoms with Crippen LogP contribution in [0.25, 0.3) is 0 Å². The molecular weight excluding hydrogens is 471 g/mol. The van der Waals surface area contributed by atoms with Crippen LogP contribution in [0, 0.1) is 10.8 Å². The molecule has 0 amide bonds. The Morgan fingerprint density at radius 1 is 0.714 bits per heavy atom. The molecule has 2 aromatic carbocycles. The largest absolute Gasteiger partial charge is 0.489 e. The van der Waals surface area contributed by atoms with Crippen LogP contribution in [0.1, 0.15) is 52.7 Å². The Kier molecular flexibility index (Phi) is 10.1. The van der Waals surface area contributed by atoms with Gasteiger partial charge < -0.3 is 14.2 Å². The molecule has 0 aliphatic heterocycles. The summed E-state index contributed by atoms with van der Waals surface area (Å²) in [6, 6.07) is 16.7. The Labute approximate surface area is 207 Å². The van der Waals surface area contributed by atoms with E-state index in [1.807, 2.05) is 30.3 Å². The summed E-state index contributed by atoms with van der Waals surface area (Å²) in [5.74, 6) is -0.376. The lowest BCUT2D eigenvalue weighted by Gasteiger charge is -2.22. The standard InChI is InChI=1S/C26H35O8P/c1-25(2,3)23(27)31-18-33-35(29,34-19-32-24(28)26(4,5)6)17-21-12-14-22(15-13-21)30-16-20-10-8-7-9-11-20/h7-15H,16-19H2,1-6H3. The fraction of sp³-hybridized carbons (Fsp3) is 0.462. The molecule has 0 spiro atoms. The Hall–Kier alpha value is -2.67. The van der Waals surface area contributed by atoms with Crippen LogP contribution in [0.5, 0.6) is 5.75 Å². The summed E-state index contributed by atoms with van der Waals surface area (Å²) in [4.78, 5) is 24.0. The number of carbonyl (C=O) groups excluding carboxylic acids is 2.